The van der Waals surface area contributed by atoms with Gasteiger partial charge < -0.3 is 20.5 Å². The number of carbonyl (C=O) groups is 1. The van der Waals surface area contributed by atoms with Crippen molar-refractivity contribution in [3.8, 4) is 5.88 Å². The molecule has 3 aromatic rings. The SMILES string of the molecule is O=C(O)c1ccnc(OCC(C2CCCCC2)C2(c3ccc(Cl)cc3)Nc3cc(F)c(F)cc3N2)c1. The second kappa shape index (κ2) is 9.93. The molecule has 5 rings (SSSR count). The summed E-state index contributed by atoms with van der Waals surface area (Å²) in [6.45, 7) is 0.197. The average Bonchev–Trinajstić information content (AvgIpc) is 3.24. The summed E-state index contributed by atoms with van der Waals surface area (Å²) in [4.78, 5) is 15.6. The first-order chi connectivity index (χ1) is 17.4. The quantitative estimate of drug-likeness (QED) is 0.327. The molecule has 9 heteroatoms. The summed E-state index contributed by atoms with van der Waals surface area (Å²) >= 11 is 6.18. The Labute approximate surface area is 212 Å². The monoisotopic (exact) mass is 513 g/mol. The highest BCUT2D eigenvalue weighted by atomic mass is 35.5. The zero-order valence-corrected chi connectivity index (χ0v) is 20.2. The lowest BCUT2D eigenvalue weighted by Crippen LogP contribution is -2.51. The first-order valence-corrected chi connectivity index (χ1v) is 12.4. The number of carboxylic acid groups (broad SMARTS) is 1. The Bertz CT molecular complexity index is 1230. The maximum absolute atomic E-state index is 14.2. The molecule has 0 spiro atoms. The molecular weight excluding hydrogens is 488 g/mol. The molecule has 0 radical (unpaired) electrons. The highest BCUT2D eigenvalue weighted by Gasteiger charge is 2.49. The summed E-state index contributed by atoms with van der Waals surface area (Å²) in [5.74, 6) is -2.71. The number of nitrogens with zero attached hydrogens (tertiary/aromatic N) is 1. The van der Waals surface area contributed by atoms with E-state index in [0.29, 0.717) is 16.4 Å². The minimum absolute atomic E-state index is 0.0807. The Kier molecular flexibility index (Phi) is 6.71. The predicted molar refractivity (Wildman–Crippen MR) is 133 cm³/mol. The highest BCUT2D eigenvalue weighted by molar-refractivity contribution is 6.30. The van der Waals surface area contributed by atoms with Crippen LogP contribution in [-0.4, -0.2) is 22.7 Å². The van der Waals surface area contributed by atoms with Crippen molar-refractivity contribution in [2.24, 2.45) is 11.8 Å². The number of hydrogen-bond donors (Lipinski definition) is 3. The van der Waals surface area contributed by atoms with Crippen molar-refractivity contribution >= 4 is 28.9 Å². The van der Waals surface area contributed by atoms with E-state index in [9.17, 15) is 18.7 Å². The van der Waals surface area contributed by atoms with E-state index in [-0.39, 0.29) is 29.9 Å². The molecule has 2 aliphatic rings. The van der Waals surface area contributed by atoms with Gasteiger partial charge >= 0.3 is 5.97 Å². The maximum atomic E-state index is 14.2. The Morgan fingerprint density at radius 1 is 1.06 bits per heavy atom. The molecule has 0 amide bonds. The van der Waals surface area contributed by atoms with Gasteiger partial charge in [-0.3, -0.25) is 0 Å². The molecule has 2 aromatic carbocycles. The van der Waals surface area contributed by atoms with Gasteiger partial charge in [-0.25, -0.2) is 18.6 Å². The minimum atomic E-state index is -1.07. The molecule has 2 heterocycles. The lowest BCUT2D eigenvalue weighted by molar-refractivity contribution is 0.0695. The average molecular weight is 514 g/mol. The second-order valence-corrected chi connectivity index (χ2v) is 9.82. The number of pyridine rings is 1. The van der Waals surface area contributed by atoms with E-state index in [4.69, 9.17) is 16.3 Å². The summed E-state index contributed by atoms with van der Waals surface area (Å²) in [5.41, 5.74) is 0.887. The van der Waals surface area contributed by atoms with Gasteiger partial charge in [-0.05, 0) is 42.5 Å². The summed E-state index contributed by atoms with van der Waals surface area (Å²) in [6, 6.07) is 12.5. The van der Waals surface area contributed by atoms with Gasteiger partial charge in [0, 0.05) is 35.3 Å². The van der Waals surface area contributed by atoms with Crippen molar-refractivity contribution in [1.29, 1.82) is 0 Å². The number of fused-ring (bicyclic) bond motifs is 1. The van der Waals surface area contributed by atoms with Crippen LogP contribution in [0.15, 0.2) is 54.7 Å². The van der Waals surface area contributed by atoms with Gasteiger partial charge in [-0.2, -0.15) is 0 Å². The number of halogens is 3. The molecule has 0 saturated heterocycles. The largest absolute Gasteiger partial charge is 0.478 e. The number of anilines is 2. The Balaban J connectivity index is 1.56. The van der Waals surface area contributed by atoms with Crippen LogP contribution in [0.25, 0.3) is 0 Å². The van der Waals surface area contributed by atoms with Gasteiger partial charge in [0.15, 0.2) is 11.6 Å². The van der Waals surface area contributed by atoms with Crippen LogP contribution in [-0.2, 0) is 5.66 Å². The summed E-state index contributed by atoms with van der Waals surface area (Å²) < 4.78 is 34.4. The van der Waals surface area contributed by atoms with Crippen LogP contribution in [0.2, 0.25) is 5.02 Å². The van der Waals surface area contributed by atoms with Gasteiger partial charge in [-0.15, -0.1) is 0 Å². The van der Waals surface area contributed by atoms with Crippen LogP contribution in [0.1, 0.15) is 48.0 Å². The van der Waals surface area contributed by atoms with E-state index >= 15 is 0 Å². The molecule has 1 aliphatic carbocycles. The Hall–Kier alpha value is -3.39. The summed E-state index contributed by atoms with van der Waals surface area (Å²) in [7, 11) is 0. The fourth-order valence-corrected chi connectivity index (χ4v) is 5.54. The van der Waals surface area contributed by atoms with Crippen LogP contribution in [0, 0.1) is 23.5 Å². The number of rotatable bonds is 7. The van der Waals surface area contributed by atoms with Gasteiger partial charge in [0.1, 0.15) is 5.66 Å². The van der Waals surface area contributed by atoms with Crippen molar-refractivity contribution in [3.63, 3.8) is 0 Å². The van der Waals surface area contributed by atoms with E-state index in [1.165, 1.54) is 18.3 Å². The summed E-state index contributed by atoms with van der Waals surface area (Å²) in [5, 5.41) is 16.8. The zero-order chi connectivity index (χ0) is 25.3. The molecule has 1 fully saturated rings. The van der Waals surface area contributed by atoms with Crippen LogP contribution < -0.4 is 15.4 Å². The van der Waals surface area contributed by atoms with Gasteiger partial charge in [0.2, 0.25) is 5.88 Å². The predicted octanol–water partition coefficient (Wildman–Crippen LogP) is 6.68. The molecule has 0 bridgehead atoms. The number of aromatic carboxylic acids is 1. The first-order valence-electron chi connectivity index (χ1n) is 12.0. The number of benzene rings is 2. The van der Waals surface area contributed by atoms with E-state index in [0.717, 1.165) is 49.8 Å². The second-order valence-electron chi connectivity index (χ2n) is 9.38. The Morgan fingerprint density at radius 3 is 2.31 bits per heavy atom. The molecule has 1 saturated carbocycles. The van der Waals surface area contributed by atoms with Gasteiger partial charge in [0.05, 0.1) is 23.5 Å². The molecule has 1 unspecified atom stereocenters. The normalized spacial score (nSPS) is 17.5. The fourth-order valence-electron chi connectivity index (χ4n) is 5.41. The molecule has 1 aliphatic heterocycles. The molecule has 36 heavy (non-hydrogen) atoms. The highest BCUT2D eigenvalue weighted by Crippen LogP contribution is 2.49. The zero-order valence-electron chi connectivity index (χ0n) is 19.4. The van der Waals surface area contributed by atoms with Crippen molar-refractivity contribution in [2.45, 2.75) is 37.8 Å². The van der Waals surface area contributed by atoms with Crippen LogP contribution in [0.5, 0.6) is 5.88 Å². The molecule has 1 aromatic heterocycles. The third-order valence-corrected chi connectivity index (χ3v) is 7.44. The number of carboxylic acids is 1. The lowest BCUT2D eigenvalue weighted by atomic mass is 9.72. The first kappa shape index (κ1) is 24.3. The van der Waals surface area contributed by atoms with Crippen LogP contribution in [0.3, 0.4) is 0 Å². The molecule has 3 N–H and O–H groups in total. The number of aromatic nitrogens is 1. The van der Waals surface area contributed by atoms with Crippen molar-refractivity contribution < 1.29 is 23.4 Å². The smallest absolute Gasteiger partial charge is 0.335 e. The number of nitrogens with one attached hydrogen (secondary N) is 2. The van der Waals surface area contributed by atoms with Crippen LogP contribution in [0.4, 0.5) is 20.2 Å². The summed E-state index contributed by atoms with van der Waals surface area (Å²) in [6.07, 6.45) is 6.62. The van der Waals surface area contributed by atoms with Gasteiger partial charge in [0.25, 0.3) is 0 Å². The van der Waals surface area contributed by atoms with Gasteiger partial charge in [-0.1, -0.05) is 43.0 Å². The number of ether oxygens (including phenoxy) is 1. The fraction of sp³-hybridized carbons (Fsp3) is 0.333. The lowest BCUT2D eigenvalue weighted by Gasteiger charge is -2.44. The van der Waals surface area contributed by atoms with E-state index in [1.54, 1.807) is 12.1 Å². The maximum Gasteiger partial charge on any atom is 0.335 e. The third kappa shape index (κ3) is 4.69. The minimum Gasteiger partial charge on any atom is -0.478 e. The molecule has 1 atom stereocenters. The van der Waals surface area contributed by atoms with Crippen LogP contribution >= 0.6 is 11.6 Å². The van der Waals surface area contributed by atoms with E-state index in [2.05, 4.69) is 15.6 Å². The topological polar surface area (TPSA) is 83.5 Å². The van der Waals surface area contributed by atoms with E-state index in [1.807, 2.05) is 12.1 Å². The van der Waals surface area contributed by atoms with Crippen molar-refractivity contribution in [2.75, 3.05) is 17.2 Å². The Morgan fingerprint density at radius 2 is 1.69 bits per heavy atom. The number of hydrogen-bond acceptors (Lipinski definition) is 5. The van der Waals surface area contributed by atoms with E-state index < -0.39 is 23.3 Å². The standard InChI is InChI=1S/C27H26ClF2N3O3/c28-19-8-6-18(7-9-19)27(32-23-13-21(29)22(30)14-24(23)33-27)20(16-4-2-1-3-5-16)15-36-25-12-17(26(34)35)10-11-31-25/h6-14,16,20,32-33H,1-5,15H2,(H,34,35). The molecule has 188 valence electrons. The molecular formula is C27H26ClF2N3O3. The van der Waals surface area contributed by atoms with Crippen molar-refractivity contribution in [3.05, 3.63) is 82.5 Å². The molecule has 6 nitrogen and oxygen atoms in total. The van der Waals surface area contributed by atoms with Crippen molar-refractivity contribution in [1.82, 2.24) is 4.98 Å². The third-order valence-electron chi connectivity index (χ3n) is 7.19.